The molecule has 0 aliphatic carbocycles. The number of nitrogens with zero attached hydrogens (tertiary/aromatic N) is 1. The smallest absolute Gasteiger partial charge is 0.305 e. The fraction of sp³-hybridized carbons (Fsp3) is 0.877. The van der Waals surface area contributed by atoms with Crippen molar-refractivity contribution in [3.8, 4) is 0 Å². The molecule has 0 aromatic rings. The average molecular weight is 870 g/mol. The van der Waals surface area contributed by atoms with E-state index in [1.54, 1.807) is 0 Å². The van der Waals surface area contributed by atoms with Crippen LogP contribution in [-0.2, 0) is 19.1 Å². The Labute approximate surface area is 387 Å². The molecule has 0 rings (SSSR count). The van der Waals surface area contributed by atoms with Crippen LogP contribution < -0.4 is 0 Å². The number of rotatable bonds is 50. The minimum Gasteiger partial charge on any atom is -0.466 e. The standard InChI is InChI=1S/C57H107NO4/c1-4-7-10-13-16-19-22-25-28-31-34-37-40-43-46-50-55(59)58(56(60)51-47-44-41-38-35-32-29-26-23-20-17-14-11-8-5-2)53-49-54-62-57(61)52-48-45-42-39-36-33-30-27-24-21-18-15-12-9-6-3/h25-26,28-29H,4-24,27,30-54H2,1-3H3. The van der Waals surface area contributed by atoms with Gasteiger partial charge in [-0.1, -0.05) is 238 Å². The number of hydrogen-bond acceptors (Lipinski definition) is 4. The summed E-state index contributed by atoms with van der Waals surface area (Å²) in [7, 11) is 0. The summed E-state index contributed by atoms with van der Waals surface area (Å²) < 4.78 is 5.55. The van der Waals surface area contributed by atoms with Gasteiger partial charge in [0.15, 0.2) is 0 Å². The Balaban J connectivity index is 4.36. The number of ether oxygens (including phenoxy) is 1. The van der Waals surface area contributed by atoms with Crippen LogP contribution in [0.3, 0.4) is 0 Å². The molecule has 0 aliphatic heterocycles. The maximum absolute atomic E-state index is 13.4. The summed E-state index contributed by atoms with van der Waals surface area (Å²) >= 11 is 0. The van der Waals surface area contributed by atoms with Gasteiger partial charge in [-0.3, -0.25) is 19.3 Å². The van der Waals surface area contributed by atoms with Crippen LogP contribution in [0.4, 0.5) is 0 Å². The van der Waals surface area contributed by atoms with Crippen molar-refractivity contribution in [2.75, 3.05) is 13.2 Å². The zero-order chi connectivity index (χ0) is 45.1. The summed E-state index contributed by atoms with van der Waals surface area (Å²) in [6.45, 7) is 7.44. The van der Waals surface area contributed by atoms with E-state index < -0.39 is 0 Å². The quantitative estimate of drug-likeness (QED) is 0.0347. The lowest BCUT2D eigenvalue weighted by molar-refractivity contribution is -0.145. The molecule has 0 N–H and O–H groups in total. The highest BCUT2D eigenvalue weighted by Crippen LogP contribution is 2.16. The minimum absolute atomic E-state index is 0.0514. The first kappa shape index (κ1) is 60.1. The van der Waals surface area contributed by atoms with E-state index in [0.29, 0.717) is 32.2 Å². The van der Waals surface area contributed by atoms with E-state index in [1.165, 1.54) is 204 Å². The molecule has 2 amide bonds. The number of hydrogen-bond donors (Lipinski definition) is 0. The predicted molar refractivity (Wildman–Crippen MR) is 271 cm³/mol. The second-order valence-corrected chi connectivity index (χ2v) is 18.9. The average Bonchev–Trinajstić information content (AvgIpc) is 3.27. The molecule has 5 nitrogen and oxygen atoms in total. The van der Waals surface area contributed by atoms with Gasteiger partial charge in [0.25, 0.3) is 0 Å². The van der Waals surface area contributed by atoms with Crippen LogP contribution in [0.25, 0.3) is 0 Å². The third kappa shape index (κ3) is 46.1. The highest BCUT2D eigenvalue weighted by Gasteiger charge is 2.20. The summed E-state index contributed by atoms with van der Waals surface area (Å²) in [5.74, 6) is -0.250. The molecule has 0 aromatic carbocycles. The Morgan fingerprint density at radius 1 is 0.323 bits per heavy atom. The van der Waals surface area contributed by atoms with Crippen molar-refractivity contribution in [3.63, 3.8) is 0 Å². The lowest BCUT2D eigenvalue weighted by Gasteiger charge is -2.21. The van der Waals surface area contributed by atoms with Gasteiger partial charge < -0.3 is 4.74 Å². The highest BCUT2D eigenvalue weighted by atomic mass is 16.5. The van der Waals surface area contributed by atoms with Gasteiger partial charge >= 0.3 is 5.97 Å². The van der Waals surface area contributed by atoms with Gasteiger partial charge in [-0.2, -0.15) is 0 Å². The van der Waals surface area contributed by atoms with E-state index in [0.717, 1.165) is 64.2 Å². The summed E-state index contributed by atoms with van der Waals surface area (Å²) in [5, 5.41) is 0. The fourth-order valence-electron chi connectivity index (χ4n) is 8.47. The van der Waals surface area contributed by atoms with Crippen molar-refractivity contribution >= 4 is 17.8 Å². The second kappa shape index (κ2) is 51.7. The Bertz CT molecular complexity index is 953. The van der Waals surface area contributed by atoms with Crippen LogP contribution in [-0.4, -0.2) is 35.8 Å². The van der Waals surface area contributed by atoms with Gasteiger partial charge in [0.1, 0.15) is 0 Å². The number of unbranched alkanes of at least 4 members (excludes halogenated alkanes) is 36. The van der Waals surface area contributed by atoms with E-state index in [-0.39, 0.29) is 24.4 Å². The largest absolute Gasteiger partial charge is 0.466 e. The van der Waals surface area contributed by atoms with Gasteiger partial charge in [-0.15, -0.1) is 0 Å². The van der Waals surface area contributed by atoms with Crippen LogP contribution >= 0.6 is 0 Å². The number of carbonyl (C=O) groups excluding carboxylic acids is 3. The lowest BCUT2D eigenvalue weighted by atomic mass is 10.0. The van der Waals surface area contributed by atoms with Crippen molar-refractivity contribution in [1.82, 2.24) is 4.90 Å². The SMILES string of the molecule is CCCCCCCCC=CCCCCCCCC(=O)N(CCCOC(=O)CCCCCCCCCCCCCCCCC)C(=O)CCCCCCCC=CCCCCCCCC. The van der Waals surface area contributed by atoms with Gasteiger partial charge in [0.2, 0.25) is 11.8 Å². The highest BCUT2D eigenvalue weighted by molar-refractivity contribution is 5.95. The Hall–Kier alpha value is -1.91. The van der Waals surface area contributed by atoms with Crippen molar-refractivity contribution in [2.45, 2.75) is 310 Å². The molecular formula is C57H107NO4. The molecule has 5 heteroatoms. The zero-order valence-electron chi connectivity index (χ0n) is 42.1. The number of amides is 2. The normalized spacial score (nSPS) is 11.7. The molecule has 0 aromatic heterocycles. The van der Waals surface area contributed by atoms with Crippen LogP contribution in [0.5, 0.6) is 0 Å². The van der Waals surface area contributed by atoms with E-state index in [2.05, 4.69) is 45.1 Å². The van der Waals surface area contributed by atoms with Gasteiger partial charge in [-0.05, 0) is 77.0 Å². The summed E-state index contributed by atoms with van der Waals surface area (Å²) in [5.41, 5.74) is 0. The van der Waals surface area contributed by atoms with E-state index in [9.17, 15) is 14.4 Å². The van der Waals surface area contributed by atoms with Crippen molar-refractivity contribution in [1.29, 1.82) is 0 Å². The molecular weight excluding hydrogens is 763 g/mol. The second-order valence-electron chi connectivity index (χ2n) is 18.9. The molecule has 0 radical (unpaired) electrons. The van der Waals surface area contributed by atoms with E-state index >= 15 is 0 Å². The van der Waals surface area contributed by atoms with Crippen LogP contribution in [0.15, 0.2) is 24.3 Å². The first-order valence-corrected chi connectivity index (χ1v) is 27.9. The van der Waals surface area contributed by atoms with Crippen LogP contribution in [0.1, 0.15) is 310 Å². The van der Waals surface area contributed by atoms with Gasteiger partial charge in [0.05, 0.1) is 6.61 Å². The molecule has 62 heavy (non-hydrogen) atoms. The molecule has 364 valence electrons. The summed E-state index contributed by atoms with van der Waals surface area (Å²) in [4.78, 5) is 40.7. The van der Waals surface area contributed by atoms with E-state index in [1.807, 2.05) is 0 Å². The molecule has 0 atom stereocenters. The molecule has 0 spiro atoms. The number of esters is 1. The Morgan fingerprint density at radius 2 is 0.581 bits per heavy atom. The predicted octanol–water partition coefficient (Wildman–Crippen LogP) is 18.6. The summed E-state index contributed by atoms with van der Waals surface area (Å²) in [6.07, 6.45) is 62.6. The van der Waals surface area contributed by atoms with E-state index in [4.69, 9.17) is 4.74 Å². The molecule has 0 heterocycles. The Morgan fingerprint density at radius 3 is 0.887 bits per heavy atom. The third-order valence-electron chi connectivity index (χ3n) is 12.7. The third-order valence-corrected chi connectivity index (χ3v) is 12.7. The first-order valence-electron chi connectivity index (χ1n) is 27.9. The molecule has 0 saturated heterocycles. The van der Waals surface area contributed by atoms with Gasteiger partial charge in [0, 0.05) is 25.8 Å². The van der Waals surface area contributed by atoms with Crippen molar-refractivity contribution in [3.05, 3.63) is 24.3 Å². The molecule has 0 bridgehead atoms. The summed E-state index contributed by atoms with van der Waals surface area (Å²) in [6, 6.07) is 0. The monoisotopic (exact) mass is 870 g/mol. The van der Waals surface area contributed by atoms with Crippen molar-refractivity contribution in [2.24, 2.45) is 0 Å². The first-order chi connectivity index (χ1) is 30.6. The Kier molecular flexibility index (Phi) is 50.1. The zero-order valence-corrected chi connectivity index (χ0v) is 42.1. The number of imide groups is 1. The number of allylic oxidation sites excluding steroid dienone is 4. The molecule has 0 fully saturated rings. The molecule has 0 unspecified atom stereocenters. The topological polar surface area (TPSA) is 63.7 Å². The van der Waals surface area contributed by atoms with Crippen LogP contribution in [0.2, 0.25) is 0 Å². The maximum atomic E-state index is 13.4. The van der Waals surface area contributed by atoms with Gasteiger partial charge in [-0.25, -0.2) is 0 Å². The van der Waals surface area contributed by atoms with Crippen LogP contribution in [0, 0.1) is 0 Å². The minimum atomic E-state index is -0.148. The molecule has 0 aliphatic rings. The van der Waals surface area contributed by atoms with Crippen molar-refractivity contribution < 1.29 is 19.1 Å². The fourth-order valence-corrected chi connectivity index (χ4v) is 8.47. The number of carbonyl (C=O) groups is 3. The molecule has 0 saturated carbocycles. The lowest BCUT2D eigenvalue weighted by Crippen LogP contribution is -2.38. The maximum Gasteiger partial charge on any atom is 0.305 e.